The topological polar surface area (TPSA) is 53.7 Å². The van der Waals surface area contributed by atoms with Crippen molar-refractivity contribution in [1.29, 1.82) is 0 Å². The smallest absolute Gasteiger partial charge is 0.189 e. The van der Waals surface area contributed by atoms with E-state index < -0.39 is 11.9 Å². The van der Waals surface area contributed by atoms with E-state index in [0.717, 1.165) is 17.7 Å². The maximum absolute atomic E-state index is 6.04. The summed E-state index contributed by atoms with van der Waals surface area (Å²) in [6.45, 7) is 0. The number of rotatable bonds is 4. The molecule has 2 N–H and O–H groups in total. The van der Waals surface area contributed by atoms with E-state index in [1.54, 1.807) is 14.2 Å². The molecule has 2 heterocycles. The van der Waals surface area contributed by atoms with Crippen LogP contribution >= 0.6 is 0 Å². The predicted molar refractivity (Wildman–Crippen MR) is 78.0 cm³/mol. The molecular formula is C16H19NO3. The van der Waals surface area contributed by atoms with Crippen LogP contribution in [0.3, 0.4) is 0 Å². The number of anilines is 1. The molecule has 0 fully saturated rings. The van der Waals surface area contributed by atoms with E-state index in [1.165, 1.54) is 5.57 Å². The zero-order valence-corrected chi connectivity index (χ0v) is 11.7. The molecule has 20 heavy (non-hydrogen) atoms. The first kappa shape index (κ1) is 13.4. The lowest BCUT2D eigenvalue weighted by molar-refractivity contribution is -0.213. The molecule has 1 aromatic carbocycles. The fourth-order valence-corrected chi connectivity index (χ4v) is 2.94. The third-order valence-electron chi connectivity index (χ3n) is 3.86. The Kier molecular flexibility index (Phi) is 3.38. The number of ether oxygens (including phenoxy) is 3. The van der Waals surface area contributed by atoms with E-state index in [0.29, 0.717) is 0 Å². The summed E-state index contributed by atoms with van der Waals surface area (Å²) in [5, 5.41) is 0. The van der Waals surface area contributed by atoms with Crippen LogP contribution in [-0.2, 0) is 14.2 Å². The zero-order chi connectivity index (χ0) is 14.2. The Morgan fingerprint density at radius 1 is 1.25 bits per heavy atom. The Hall–Kier alpha value is -1.62. The molecular weight excluding hydrogens is 254 g/mol. The summed E-state index contributed by atoms with van der Waals surface area (Å²) < 4.78 is 16.9. The maximum atomic E-state index is 6.04. The monoisotopic (exact) mass is 273 g/mol. The first-order valence-electron chi connectivity index (χ1n) is 6.66. The van der Waals surface area contributed by atoms with Crippen LogP contribution in [0.4, 0.5) is 5.69 Å². The van der Waals surface area contributed by atoms with Crippen molar-refractivity contribution >= 4 is 11.3 Å². The Morgan fingerprint density at radius 2 is 1.95 bits per heavy atom. The van der Waals surface area contributed by atoms with Crippen molar-refractivity contribution in [3.8, 4) is 0 Å². The van der Waals surface area contributed by atoms with Crippen LogP contribution in [0.1, 0.15) is 12.0 Å². The first-order valence-corrected chi connectivity index (χ1v) is 6.66. The van der Waals surface area contributed by atoms with Crippen LogP contribution < -0.4 is 5.73 Å². The number of nitrogen functional groups attached to an aromatic ring is 1. The Bertz CT molecular complexity index is 545. The van der Waals surface area contributed by atoms with Gasteiger partial charge in [-0.1, -0.05) is 18.2 Å². The molecule has 106 valence electrons. The number of hydrogen-bond donors (Lipinski definition) is 1. The second kappa shape index (κ2) is 5.05. The van der Waals surface area contributed by atoms with Crippen LogP contribution in [0.25, 0.3) is 5.57 Å². The highest BCUT2D eigenvalue weighted by atomic mass is 16.7. The van der Waals surface area contributed by atoms with Crippen LogP contribution in [-0.4, -0.2) is 32.2 Å². The lowest BCUT2D eigenvalue weighted by Gasteiger charge is -2.38. The minimum atomic E-state index is -0.542. The van der Waals surface area contributed by atoms with E-state index in [-0.39, 0.29) is 6.10 Å². The lowest BCUT2D eigenvalue weighted by Crippen LogP contribution is -2.46. The van der Waals surface area contributed by atoms with Crippen LogP contribution in [0, 0.1) is 0 Å². The molecule has 2 unspecified atom stereocenters. The Balaban J connectivity index is 1.91. The molecule has 4 nitrogen and oxygen atoms in total. The van der Waals surface area contributed by atoms with Crippen molar-refractivity contribution in [3.63, 3.8) is 0 Å². The Morgan fingerprint density at radius 3 is 2.60 bits per heavy atom. The predicted octanol–water partition coefficient (Wildman–Crippen LogP) is 2.37. The summed E-state index contributed by atoms with van der Waals surface area (Å²) in [5.41, 5.74) is 8.36. The normalized spacial score (nSPS) is 27.9. The molecule has 2 atom stereocenters. The minimum Gasteiger partial charge on any atom is -0.399 e. The summed E-state index contributed by atoms with van der Waals surface area (Å²) >= 11 is 0. The van der Waals surface area contributed by atoms with Crippen molar-refractivity contribution < 1.29 is 14.2 Å². The first-order chi connectivity index (χ1) is 9.66. The highest BCUT2D eigenvalue weighted by Crippen LogP contribution is 2.42. The molecule has 3 rings (SSSR count). The molecule has 1 aromatic rings. The molecule has 0 radical (unpaired) electrons. The molecule has 2 bridgehead atoms. The van der Waals surface area contributed by atoms with Crippen molar-refractivity contribution in [3.05, 3.63) is 48.1 Å². The third kappa shape index (κ3) is 2.16. The van der Waals surface area contributed by atoms with Gasteiger partial charge in [-0.2, -0.15) is 0 Å². The average Bonchev–Trinajstić information content (AvgIpc) is 2.76. The van der Waals surface area contributed by atoms with Crippen molar-refractivity contribution in [2.24, 2.45) is 0 Å². The molecule has 4 heteroatoms. The molecule has 0 aromatic heterocycles. The molecule has 0 saturated carbocycles. The quantitative estimate of drug-likeness (QED) is 0.520. The van der Waals surface area contributed by atoms with Crippen LogP contribution in [0.5, 0.6) is 0 Å². The largest absolute Gasteiger partial charge is 0.399 e. The lowest BCUT2D eigenvalue weighted by atomic mass is 9.89. The molecule has 0 aliphatic carbocycles. The minimum absolute atomic E-state index is 0.0240. The number of fused-ring (bicyclic) bond motifs is 2. The zero-order valence-electron chi connectivity index (χ0n) is 11.7. The van der Waals surface area contributed by atoms with Crippen molar-refractivity contribution in [2.75, 3.05) is 20.0 Å². The molecule has 2 aliphatic rings. The molecule has 0 amide bonds. The van der Waals surface area contributed by atoms with Gasteiger partial charge in [0.15, 0.2) is 6.29 Å². The maximum Gasteiger partial charge on any atom is 0.189 e. The van der Waals surface area contributed by atoms with Gasteiger partial charge in [0.25, 0.3) is 0 Å². The van der Waals surface area contributed by atoms with E-state index in [2.05, 4.69) is 18.2 Å². The van der Waals surface area contributed by atoms with Crippen molar-refractivity contribution in [1.82, 2.24) is 0 Å². The Labute approximate surface area is 118 Å². The van der Waals surface area contributed by atoms with Gasteiger partial charge in [-0.05, 0) is 35.4 Å². The number of hydrogen-bond acceptors (Lipinski definition) is 4. The number of nitrogens with two attached hydrogens (primary N) is 1. The summed E-state index contributed by atoms with van der Waals surface area (Å²) in [7, 11) is 3.27. The van der Waals surface area contributed by atoms with Crippen LogP contribution in [0.15, 0.2) is 42.5 Å². The van der Waals surface area contributed by atoms with E-state index in [4.69, 9.17) is 19.9 Å². The standard InChI is InChI=1S/C16H19NO3/c1-18-15(19-2)16-8-7-14(20-16)9-12(10-16)11-3-5-13(17)6-4-11/h3-9,14-15H,10,17H2,1-2H3. The van der Waals surface area contributed by atoms with Gasteiger partial charge in [0, 0.05) is 26.3 Å². The summed E-state index contributed by atoms with van der Waals surface area (Å²) in [5.74, 6) is 0. The van der Waals surface area contributed by atoms with Gasteiger partial charge < -0.3 is 19.9 Å². The van der Waals surface area contributed by atoms with Gasteiger partial charge in [0.2, 0.25) is 0 Å². The van der Waals surface area contributed by atoms with E-state index in [1.807, 2.05) is 24.3 Å². The number of methoxy groups -OCH3 is 2. The molecule has 0 saturated heterocycles. The number of benzene rings is 1. The van der Waals surface area contributed by atoms with Gasteiger partial charge in [-0.25, -0.2) is 0 Å². The highest BCUT2D eigenvalue weighted by Gasteiger charge is 2.46. The fourth-order valence-electron chi connectivity index (χ4n) is 2.94. The van der Waals surface area contributed by atoms with Gasteiger partial charge in [0.05, 0.1) is 6.10 Å². The molecule has 0 spiro atoms. The summed E-state index contributed by atoms with van der Waals surface area (Å²) in [6, 6.07) is 7.90. The summed E-state index contributed by atoms with van der Waals surface area (Å²) in [6.07, 6.45) is 6.52. The van der Waals surface area contributed by atoms with E-state index in [9.17, 15) is 0 Å². The average molecular weight is 273 g/mol. The van der Waals surface area contributed by atoms with Gasteiger partial charge in [0.1, 0.15) is 5.60 Å². The second-order valence-corrected chi connectivity index (χ2v) is 5.19. The van der Waals surface area contributed by atoms with Gasteiger partial charge in [-0.15, -0.1) is 0 Å². The van der Waals surface area contributed by atoms with E-state index >= 15 is 0 Å². The second-order valence-electron chi connectivity index (χ2n) is 5.19. The fraction of sp³-hybridized carbons (Fsp3) is 0.375. The summed E-state index contributed by atoms with van der Waals surface area (Å²) in [4.78, 5) is 0. The highest BCUT2D eigenvalue weighted by molar-refractivity contribution is 5.70. The van der Waals surface area contributed by atoms with Gasteiger partial charge >= 0.3 is 0 Å². The van der Waals surface area contributed by atoms with Gasteiger partial charge in [-0.3, -0.25) is 0 Å². The SMILES string of the molecule is COC(OC)C12C=CC(C=C(c3ccc(N)cc3)C1)O2. The third-order valence-corrected chi connectivity index (χ3v) is 3.86. The molecule has 2 aliphatic heterocycles. The van der Waals surface area contributed by atoms with Crippen LogP contribution in [0.2, 0.25) is 0 Å². The van der Waals surface area contributed by atoms with Crippen molar-refractivity contribution in [2.45, 2.75) is 24.4 Å².